The molecule has 1 aliphatic heterocycles. The summed E-state index contributed by atoms with van der Waals surface area (Å²) < 4.78 is 39.3. The lowest BCUT2D eigenvalue weighted by Gasteiger charge is -2.41. The Labute approximate surface area is 126 Å². The third-order valence-corrected chi connectivity index (χ3v) is 2.86. The zero-order valence-electron chi connectivity index (χ0n) is 12.7. The molecule has 126 valence electrons. The van der Waals surface area contributed by atoms with Crippen molar-refractivity contribution in [3.8, 4) is 0 Å². The molecule has 1 aliphatic rings. The molecule has 0 bridgehead atoms. The van der Waals surface area contributed by atoms with E-state index in [1.165, 1.54) is 7.11 Å². The van der Waals surface area contributed by atoms with Gasteiger partial charge in [0.15, 0.2) is 24.7 Å². The van der Waals surface area contributed by atoms with E-state index < -0.39 is 48.7 Å². The van der Waals surface area contributed by atoms with Crippen molar-refractivity contribution in [1.82, 2.24) is 0 Å². The molecule has 0 aromatic rings. The Bertz CT molecular complexity index is 426. The van der Waals surface area contributed by atoms with Crippen LogP contribution in [-0.2, 0) is 38.1 Å². The zero-order chi connectivity index (χ0) is 16.9. The van der Waals surface area contributed by atoms with E-state index in [-0.39, 0.29) is 6.61 Å². The van der Waals surface area contributed by atoms with Crippen molar-refractivity contribution in [3.05, 3.63) is 0 Å². The predicted molar refractivity (Wildman–Crippen MR) is 68.3 cm³/mol. The van der Waals surface area contributed by atoms with Gasteiger partial charge in [-0.25, -0.2) is 4.39 Å². The fraction of sp³-hybridized carbons (Fsp3) is 0.769. The van der Waals surface area contributed by atoms with Crippen LogP contribution in [0.2, 0.25) is 0 Å². The van der Waals surface area contributed by atoms with E-state index in [4.69, 9.17) is 23.7 Å². The van der Waals surface area contributed by atoms with E-state index in [2.05, 4.69) is 0 Å². The van der Waals surface area contributed by atoms with Gasteiger partial charge in [0.25, 0.3) is 0 Å². The highest BCUT2D eigenvalue weighted by atomic mass is 19.1. The molecule has 8 nitrogen and oxygen atoms in total. The molecule has 0 radical (unpaired) electrons. The lowest BCUT2D eigenvalue weighted by atomic mass is 10.00. The summed E-state index contributed by atoms with van der Waals surface area (Å²) in [6.45, 7) is 2.99. The molecule has 0 aromatic carbocycles. The molecule has 0 spiro atoms. The number of ether oxygens (including phenoxy) is 5. The van der Waals surface area contributed by atoms with Crippen LogP contribution in [0.1, 0.15) is 20.8 Å². The van der Waals surface area contributed by atoms with Crippen molar-refractivity contribution in [3.63, 3.8) is 0 Å². The molecule has 0 aliphatic carbocycles. The summed E-state index contributed by atoms with van der Waals surface area (Å²) in [6.07, 6.45) is -6.94. The Kier molecular flexibility index (Phi) is 6.69. The quantitative estimate of drug-likeness (QED) is 0.520. The van der Waals surface area contributed by atoms with E-state index in [1.807, 2.05) is 0 Å². The maximum absolute atomic E-state index is 14.5. The van der Waals surface area contributed by atoms with Crippen molar-refractivity contribution in [2.24, 2.45) is 0 Å². The fourth-order valence-electron chi connectivity index (χ4n) is 2.03. The van der Waals surface area contributed by atoms with Gasteiger partial charge < -0.3 is 23.7 Å². The highest BCUT2D eigenvalue weighted by molar-refractivity contribution is 5.67. The molecule has 1 rings (SSSR count). The smallest absolute Gasteiger partial charge is 0.303 e. The Morgan fingerprint density at radius 2 is 1.55 bits per heavy atom. The van der Waals surface area contributed by atoms with Crippen LogP contribution in [0.3, 0.4) is 0 Å². The number of esters is 3. The van der Waals surface area contributed by atoms with E-state index in [0.717, 1.165) is 20.8 Å². The molecular formula is C13H19FO8. The molecule has 1 fully saturated rings. The molecule has 22 heavy (non-hydrogen) atoms. The molecule has 5 atom stereocenters. The van der Waals surface area contributed by atoms with Crippen LogP contribution in [0.15, 0.2) is 0 Å². The second-order valence-electron chi connectivity index (χ2n) is 4.67. The van der Waals surface area contributed by atoms with Crippen molar-refractivity contribution < 1.29 is 42.5 Å². The minimum atomic E-state index is -1.86. The third-order valence-electron chi connectivity index (χ3n) is 2.86. The van der Waals surface area contributed by atoms with E-state index in [0.29, 0.717) is 0 Å². The molecular weight excluding hydrogens is 303 g/mol. The molecule has 1 heterocycles. The van der Waals surface area contributed by atoms with Crippen molar-refractivity contribution >= 4 is 17.9 Å². The molecule has 1 saturated heterocycles. The number of methoxy groups -OCH3 is 1. The second kappa shape index (κ2) is 8.04. The van der Waals surface area contributed by atoms with Crippen LogP contribution >= 0.6 is 0 Å². The average molecular weight is 322 g/mol. The van der Waals surface area contributed by atoms with Crippen molar-refractivity contribution in [1.29, 1.82) is 0 Å². The van der Waals surface area contributed by atoms with Gasteiger partial charge in [0.05, 0.1) is 0 Å². The summed E-state index contributed by atoms with van der Waals surface area (Å²) in [5, 5.41) is 0. The first-order valence-corrected chi connectivity index (χ1v) is 6.56. The number of hydrogen-bond acceptors (Lipinski definition) is 8. The van der Waals surface area contributed by atoms with E-state index in [1.54, 1.807) is 0 Å². The SMILES string of the molecule is CO[C@@H]1OC(COC(C)=O)[C@H](F)C(OC(C)=O)C1OC(C)=O. The van der Waals surface area contributed by atoms with Gasteiger partial charge in [-0.05, 0) is 0 Å². The molecule has 0 saturated carbocycles. The monoisotopic (exact) mass is 322 g/mol. The average Bonchev–Trinajstić information content (AvgIpc) is 2.41. The first-order chi connectivity index (χ1) is 10.3. The number of carbonyl (C=O) groups is 3. The Morgan fingerprint density at radius 3 is 2.00 bits per heavy atom. The molecule has 9 heteroatoms. The van der Waals surface area contributed by atoms with Gasteiger partial charge in [0.1, 0.15) is 12.7 Å². The lowest BCUT2D eigenvalue weighted by Crippen LogP contribution is -2.60. The summed E-state index contributed by atoms with van der Waals surface area (Å²) in [7, 11) is 1.26. The zero-order valence-corrected chi connectivity index (χ0v) is 12.7. The van der Waals surface area contributed by atoms with Crippen LogP contribution < -0.4 is 0 Å². The highest BCUT2D eigenvalue weighted by Crippen LogP contribution is 2.29. The van der Waals surface area contributed by atoms with Crippen molar-refractivity contribution in [2.75, 3.05) is 13.7 Å². The van der Waals surface area contributed by atoms with Gasteiger partial charge in [-0.3, -0.25) is 14.4 Å². The maximum atomic E-state index is 14.5. The normalized spacial score (nSPS) is 31.2. The molecule has 0 aromatic heterocycles. The summed E-state index contributed by atoms with van der Waals surface area (Å²) in [4.78, 5) is 33.1. The molecule has 3 unspecified atom stereocenters. The summed E-state index contributed by atoms with van der Waals surface area (Å²) in [6, 6.07) is 0. The van der Waals surface area contributed by atoms with Gasteiger partial charge in [-0.2, -0.15) is 0 Å². The largest absolute Gasteiger partial charge is 0.463 e. The Morgan fingerprint density at radius 1 is 1.00 bits per heavy atom. The minimum Gasteiger partial charge on any atom is -0.463 e. The number of alkyl halides is 1. The third kappa shape index (κ3) is 4.92. The number of carbonyl (C=O) groups excluding carboxylic acids is 3. The van der Waals surface area contributed by atoms with E-state index >= 15 is 0 Å². The van der Waals surface area contributed by atoms with Gasteiger partial charge in [-0.15, -0.1) is 0 Å². The van der Waals surface area contributed by atoms with Crippen LogP contribution in [0, 0.1) is 0 Å². The summed E-state index contributed by atoms with van der Waals surface area (Å²) in [5.41, 5.74) is 0. The minimum absolute atomic E-state index is 0.388. The Hall–Kier alpha value is -1.74. The number of rotatable bonds is 5. The number of hydrogen-bond donors (Lipinski definition) is 0. The fourth-order valence-corrected chi connectivity index (χ4v) is 2.03. The first kappa shape index (κ1) is 18.3. The maximum Gasteiger partial charge on any atom is 0.303 e. The predicted octanol–water partition coefficient (Wildman–Crippen LogP) is 0.122. The van der Waals surface area contributed by atoms with Crippen LogP contribution in [0.25, 0.3) is 0 Å². The lowest BCUT2D eigenvalue weighted by molar-refractivity contribution is -0.290. The van der Waals surface area contributed by atoms with Crippen LogP contribution in [0.4, 0.5) is 4.39 Å². The second-order valence-corrected chi connectivity index (χ2v) is 4.67. The first-order valence-electron chi connectivity index (χ1n) is 6.56. The number of halogens is 1. The van der Waals surface area contributed by atoms with Gasteiger partial charge >= 0.3 is 17.9 Å². The van der Waals surface area contributed by atoms with Crippen molar-refractivity contribution in [2.45, 2.75) is 51.5 Å². The molecule has 0 amide bonds. The Balaban J connectivity index is 2.95. The van der Waals surface area contributed by atoms with Gasteiger partial charge in [-0.1, -0.05) is 0 Å². The molecule has 0 N–H and O–H groups in total. The van der Waals surface area contributed by atoms with Crippen LogP contribution in [-0.4, -0.2) is 62.4 Å². The summed E-state index contributed by atoms with van der Waals surface area (Å²) in [5.74, 6) is -2.08. The standard InChI is InChI=1S/C13H19FO8/c1-6(15)19-5-9-10(14)11(20-7(2)16)12(21-8(3)17)13(18-4)22-9/h9-13H,5H2,1-4H3/t9?,10-,11?,12?,13+/m0/s1. The summed E-state index contributed by atoms with van der Waals surface area (Å²) >= 11 is 0. The highest BCUT2D eigenvalue weighted by Gasteiger charge is 2.51. The van der Waals surface area contributed by atoms with Gasteiger partial charge in [0, 0.05) is 27.9 Å². The topological polar surface area (TPSA) is 97.4 Å². The van der Waals surface area contributed by atoms with E-state index in [9.17, 15) is 18.8 Å². The van der Waals surface area contributed by atoms with Crippen LogP contribution in [0.5, 0.6) is 0 Å². The van der Waals surface area contributed by atoms with Gasteiger partial charge in [0.2, 0.25) is 0 Å².